The highest BCUT2D eigenvalue weighted by molar-refractivity contribution is 9.10. The number of ether oxygens (including phenoxy) is 1. The number of rotatable bonds is 6. The van der Waals surface area contributed by atoms with Crippen LogP contribution in [0, 0.1) is 6.92 Å². The molecular weight excluding hydrogens is 434 g/mol. The number of carbonyl (C=O) groups excluding carboxylic acids is 1. The van der Waals surface area contributed by atoms with E-state index >= 15 is 0 Å². The van der Waals surface area contributed by atoms with Crippen molar-refractivity contribution in [3.05, 3.63) is 99.7 Å². The van der Waals surface area contributed by atoms with Crippen LogP contribution < -0.4 is 10.1 Å². The van der Waals surface area contributed by atoms with E-state index in [-0.39, 0.29) is 5.70 Å². The Morgan fingerprint density at radius 1 is 0.966 bits per heavy atom. The lowest BCUT2D eigenvalue weighted by molar-refractivity contribution is -0.132. The molecule has 3 aromatic carbocycles. The van der Waals surface area contributed by atoms with Gasteiger partial charge in [0.2, 0.25) is 0 Å². The Bertz CT molecular complexity index is 1060. The maximum absolute atomic E-state index is 12.3. The van der Waals surface area contributed by atoms with Crippen molar-refractivity contribution in [2.24, 2.45) is 0 Å². The van der Waals surface area contributed by atoms with Crippen LogP contribution in [0.1, 0.15) is 21.5 Å². The Labute approximate surface area is 176 Å². The molecule has 29 heavy (non-hydrogen) atoms. The van der Waals surface area contributed by atoms with Crippen LogP contribution in [0.3, 0.4) is 0 Å². The first-order chi connectivity index (χ1) is 13.9. The summed E-state index contributed by atoms with van der Waals surface area (Å²) in [6.45, 7) is 1.91. The van der Waals surface area contributed by atoms with Crippen molar-refractivity contribution in [3.8, 4) is 11.5 Å². The molecule has 0 heterocycles. The van der Waals surface area contributed by atoms with Crippen LogP contribution in [0.4, 0.5) is 0 Å². The number of para-hydroxylation sites is 1. The van der Waals surface area contributed by atoms with E-state index in [9.17, 15) is 14.7 Å². The van der Waals surface area contributed by atoms with Gasteiger partial charge in [-0.2, -0.15) is 0 Å². The molecule has 0 saturated carbocycles. The Kier molecular flexibility index (Phi) is 6.46. The average molecular weight is 452 g/mol. The molecule has 1 amide bonds. The molecule has 0 fully saturated rings. The van der Waals surface area contributed by atoms with Crippen LogP contribution in [0.25, 0.3) is 6.08 Å². The number of aliphatic carboxylic acids is 1. The highest BCUT2D eigenvalue weighted by Gasteiger charge is 2.13. The van der Waals surface area contributed by atoms with E-state index in [1.807, 2.05) is 31.2 Å². The largest absolute Gasteiger partial charge is 0.477 e. The van der Waals surface area contributed by atoms with Crippen molar-refractivity contribution in [1.82, 2.24) is 5.32 Å². The van der Waals surface area contributed by atoms with Crippen LogP contribution in [-0.2, 0) is 4.79 Å². The van der Waals surface area contributed by atoms with E-state index in [0.717, 1.165) is 10.0 Å². The van der Waals surface area contributed by atoms with Gasteiger partial charge in [-0.1, -0.05) is 42.0 Å². The fourth-order valence-corrected chi connectivity index (χ4v) is 2.87. The fourth-order valence-electron chi connectivity index (χ4n) is 2.50. The summed E-state index contributed by atoms with van der Waals surface area (Å²) in [5.41, 5.74) is 1.81. The molecule has 5 nitrogen and oxygen atoms in total. The number of carboxylic acid groups (broad SMARTS) is 1. The molecule has 0 atom stereocenters. The topological polar surface area (TPSA) is 75.6 Å². The summed E-state index contributed by atoms with van der Waals surface area (Å²) in [6, 6.07) is 21.3. The minimum absolute atomic E-state index is 0.213. The van der Waals surface area contributed by atoms with Crippen molar-refractivity contribution in [1.29, 1.82) is 0 Å². The van der Waals surface area contributed by atoms with Crippen LogP contribution in [0.15, 0.2) is 83.0 Å². The van der Waals surface area contributed by atoms with Crippen LogP contribution in [-0.4, -0.2) is 17.0 Å². The molecule has 0 radical (unpaired) electrons. The first-order valence-electron chi connectivity index (χ1n) is 8.78. The van der Waals surface area contributed by atoms with Crippen LogP contribution >= 0.6 is 15.9 Å². The van der Waals surface area contributed by atoms with Crippen molar-refractivity contribution in [2.75, 3.05) is 0 Å². The zero-order valence-corrected chi connectivity index (χ0v) is 17.1. The summed E-state index contributed by atoms with van der Waals surface area (Å²) in [5.74, 6) is -0.423. The summed E-state index contributed by atoms with van der Waals surface area (Å²) < 4.78 is 6.62. The van der Waals surface area contributed by atoms with E-state index in [2.05, 4.69) is 21.2 Å². The second-order valence-electron chi connectivity index (χ2n) is 6.28. The Balaban J connectivity index is 1.75. The molecule has 0 aliphatic rings. The molecule has 0 aromatic heterocycles. The van der Waals surface area contributed by atoms with Crippen molar-refractivity contribution < 1.29 is 19.4 Å². The standard InChI is InChI=1S/C23H18BrNO4/c1-15-6-10-17(11-7-15)22(26)25-20(23(27)28)14-16-8-12-18(13-9-16)29-21-5-3-2-4-19(21)24/h2-14H,1H3,(H,25,26)(H,27,28)/b20-14+. The van der Waals surface area contributed by atoms with E-state index in [0.29, 0.717) is 22.6 Å². The van der Waals surface area contributed by atoms with Gasteiger partial charge >= 0.3 is 5.97 Å². The molecule has 3 rings (SSSR count). The van der Waals surface area contributed by atoms with Crippen LogP contribution in [0.5, 0.6) is 11.5 Å². The number of hydrogen-bond donors (Lipinski definition) is 2. The van der Waals surface area contributed by atoms with Crippen molar-refractivity contribution >= 4 is 33.9 Å². The van der Waals surface area contributed by atoms with Gasteiger partial charge in [0.05, 0.1) is 4.47 Å². The smallest absolute Gasteiger partial charge is 0.352 e. The van der Waals surface area contributed by atoms with Gasteiger partial charge in [0.25, 0.3) is 5.91 Å². The second kappa shape index (κ2) is 9.21. The van der Waals surface area contributed by atoms with Gasteiger partial charge in [-0.25, -0.2) is 4.79 Å². The number of amides is 1. The molecule has 0 saturated heterocycles. The lowest BCUT2D eigenvalue weighted by Crippen LogP contribution is -2.27. The van der Waals surface area contributed by atoms with Crippen molar-refractivity contribution in [3.63, 3.8) is 0 Å². The number of halogens is 1. The number of carbonyl (C=O) groups is 2. The molecular formula is C23H18BrNO4. The monoisotopic (exact) mass is 451 g/mol. The van der Waals surface area contributed by atoms with E-state index in [1.54, 1.807) is 48.5 Å². The Morgan fingerprint density at radius 2 is 1.62 bits per heavy atom. The predicted octanol–water partition coefficient (Wildman–Crippen LogP) is 5.41. The molecule has 0 aliphatic carbocycles. The van der Waals surface area contributed by atoms with E-state index in [1.165, 1.54) is 6.08 Å². The van der Waals surface area contributed by atoms with E-state index < -0.39 is 11.9 Å². The second-order valence-corrected chi connectivity index (χ2v) is 7.14. The van der Waals surface area contributed by atoms with E-state index in [4.69, 9.17) is 4.74 Å². The number of benzene rings is 3. The van der Waals surface area contributed by atoms with Gasteiger partial charge in [-0.15, -0.1) is 0 Å². The Morgan fingerprint density at radius 3 is 2.24 bits per heavy atom. The summed E-state index contributed by atoms with van der Waals surface area (Å²) >= 11 is 3.42. The molecule has 6 heteroatoms. The van der Waals surface area contributed by atoms with Gasteiger partial charge < -0.3 is 15.2 Å². The van der Waals surface area contributed by atoms with Gasteiger partial charge in [0, 0.05) is 5.56 Å². The summed E-state index contributed by atoms with van der Waals surface area (Å²) in [7, 11) is 0. The maximum Gasteiger partial charge on any atom is 0.352 e. The maximum atomic E-state index is 12.3. The lowest BCUT2D eigenvalue weighted by atomic mass is 10.1. The van der Waals surface area contributed by atoms with Gasteiger partial charge in [0.15, 0.2) is 0 Å². The third-order valence-electron chi connectivity index (χ3n) is 4.05. The number of nitrogens with one attached hydrogen (secondary N) is 1. The third-order valence-corrected chi connectivity index (χ3v) is 4.70. The molecule has 0 aliphatic heterocycles. The average Bonchev–Trinajstić information content (AvgIpc) is 2.71. The Hall–Kier alpha value is -3.38. The number of carboxylic acids is 1. The van der Waals surface area contributed by atoms with Gasteiger partial charge in [0.1, 0.15) is 17.2 Å². The number of aryl methyl sites for hydroxylation is 1. The highest BCUT2D eigenvalue weighted by Crippen LogP contribution is 2.29. The van der Waals surface area contributed by atoms with Crippen LogP contribution in [0.2, 0.25) is 0 Å². The third kappa shape index (κ3) is 5.56. The molecule has 0 unspecified atom stereocenters. The molecule has 3 aromatic rings. The molecule has 2 N–H and O–H groups in total. The normalized spacial score (nSPS) is 11.0. The molecule has 0 bridgehead atoms. The molecule has 0 spiro atoms. The number of hydrogen-bond acceptors (Lipinski definition) is 3. The van der Waals surface area contributed by atoms with Gasteiger partial charge in [-0.3, -0.25) is 4.79 Å². The summed E-state index contributed by atoms with van der Waals surface area (Å²) in [4.78, 5) is 23.9. The quantitative estimate of drug-likeness (QED) is 0.491. The molecule has 146 valence electrons. The zero-order valence-electron chi connectivity index (χ0n) is 15.6. The predicted molar refractivity (Wildman–Crippen MR) is 115 cm³/mol. The first-order valence-corrected chi connectivity index (χ1v) is 9.57. The SMILES string of the molecule is Cc1ccc(C(=O)N/C(=C/c2ccc(Oc3ccccc3Br)cc2)C(=O)O)cc1. The highest BCUT2D eigenvalue weighted by atomic mass is 79.9. The summed E-state index contributed by atoms with van der Waals surface area (Å²) in [5, 5.41) is 11.9. The van der Waals surface area contributed by atoms with Crippen molar-refractivity contribution in [2.45, 2.75) is 6.92 Å². The first kappa shape index (κ1) is 20.4. The zero-order chi connectivity index (χ0) is 20.8. The lowest BCUT2D eigenvalue weighted by Gasteiger charge is -2.09. The summed E-state index contributed by atoms with van der Waals surface area (Å²) in [6.07, 6.45) is 1.40. The minimum Gasteiger partial charge on any atom is -0.477 e. The fraction of sp³-hybridized carbons (Fsp3) is 0.0435. The van der Waals surface area contributed by atoms with Gasteiger partial charge in [-0.05, 0) is 70.9 Å². The minimum atomic E-state index is -1.22.